The van der Waals surface area contributed by atoms with Crippen LogP contribution in [0.4, 0.5) is 19.7 Å². The number of urea groups is 1. The average molecular weight is 378 g/mol. The van der Waals surface area contributed by atoms with Gasteiger partial charge in [0.15, 0.2) is 0 Å². The van der Waals surface area contributed by atoms with Gasteiger partial charge in [0.25, 0.3) is 0 Å². The van der Waals surface area contributed by atoms with Gasteiger partial charge >= 0.3 is 12.1 Å². The molecule has 9 heteroatoms. The first-order valence-electron chi connectivity index (χ1n) is 9.01. The lowest BCUT2D eigenvalue weighted by Crippen LogP contribution is -2.53. The Kier molecular flexibility index (Phi) is 5.78. The van der Waals surface area contributed by atoms with Gasteiger partial charge in [0.1, 0.15) is 12.4 Å². The maximum atomic E-state index is 13.0. The van der Waals surface area contributed by atoms with E-state index in [1.54, 1.807) is 28.9 Å². The van der Waals surface area contributed by atoms with Crippen LogP contribution in [0.5, 0.6) is 0 Å². The van der Waals surface area contributed by atoms with Crippen molar-refractivity contribution in [2.24, 2.45) is 0 Å². The molecule has 2 heterocycles. The smallest absolute Gasteiger partial charge is 0.409 e. The minimum Gasteiger partial charge on any atom is -0.450 e. The van der Waals surface area contributed by atoms with E-state index in [0.717, 1.165) is 0 Å². The monoisotopic (exact) mass is 378 g/mol. The van der Waals surface area contributed by atoms with Gasteiger partial charge in [-0.15, -0.1) is 0 Å². The van der Waals surface area contributed by atoms with E-state index in [4.69, 9.17) is 4.74 Å². The highest BCUT2D eigenvalue weighted by molar-refractivity contribution is 5.96. The standard InChI is InChI=1S/C18H23FN4O4/c1-2-27-18(26)21-9-7-20(8-10-21)16(24)13-22-11-12-23(17(22)25)15-5-3-14(19)4-6-15/h3-6H,2,7-13H2,1H3. The van der Waals surface area contributed by atoms with Gasteiger partial charge in [-0.25, -0.2) is 14.0 Å². The van der Waals surface area contributed by atoms with Crippen LogP contribution in [0.15, 0.2) is 24.3 Å². The molecule has 8 nitrogen and oxygen atoms in total. The van der Waals surface area contributed by atoms with E-state index in [0.29, 0.717) is 51.6 Å². The first-order valence-corrected chi connectivity index (χ1v) is 9.01. The van der Waals surface area contributed by atoms with E-state index < -0.39 is 0 Å². The third-order valence-electron chi connectivity index (χ3n) is 4.72. The molecule has 0 unspecified atom stereocenters. The maximum absolute atomic E-state index is 13.0. The third kappa shape index (κ3) is 4.29. The van der Waals surface area contributed by atoms with Crippen molar-refractivity contribution in [2.45, 2.75) is 6.92 Å². The van der Waals surface area contributed by atoms with Gasteiger partial charge in [-0.05, 0) is 31.2 Å². The van der Waals surface area contributed by atoms with E-state index >= 15 is 0 Å². The van der Waals surface area contributed by atoms with Gasteiger partial charge in [0.2, 0.25) is 5.91 Å². The summed E-state index contributed by atoms with van der Waals surface area (Å²) < 4.78 is 18.0. The topological polar surface area (TPSA) is 73.4 Å². The molecule has 4 amide bonds. The van der Waals surface area contributed by atoms with Crippen LogP contribution in [0.3, 0.4) is 0 Å². The van der Waals surface area contributed by atoms with Gasteiger partial charge in [-0.2, -0.15) is 0 Å². The number of carbonyl (C=O) groups is 3. The number of halogens is 1. The number of benzene rings is 1. The summed E-state index contributed by atoms with van der Waals surface area (Å²) in [4.78, 5) is 43.0. The second-order valence-corrected chi connectivity index (χ2v) is 6.40. The number of hydrogen-bond acceptors (Lipinski definition) is 4. The maximum Gasteiger partial charge on any atom is 0.409 e. The molecule has 2 aliphatic rings. The van der Waals surface area contributed by atoms with E-state index in [1.807, 2.05) is 0 Å². The molecule has 0 radical (unpaired) electrons. The quantitative estimate of drug-likeness (QED) is 0.793. The van der Waals surface area contributed by atoms with Gasteiger partial charge in [-0.3, -0.25) is 9.69 Å². The van der Waals surface area contributed by atoms with Crippen molar-refractivity contribution in [3.05, 3.63) is 30.1 Å². The van der Waals surface area contributed by atoms with Crippen LogP contribution < -0.4 is 4.90 Å². The summed E-state index contributed by atoms with van der Waals surface area (Å²) in [5.41, 5.74) is 0.611. The number of anilines is 1. The Morgan fingerprint density at radius 3 is 2.26 bits per heavy atom. The molecule has 0 bridgehead atoms. The molecule has 1 aromatic carbocycles. The molecule has 0 saturated carbocycles. The van der Waals surface area contributed by atoms with Crippen LogP contribution in [-0.4, -0.2) is 85.2 Å². The Morgan fingerprint density at radius 1 is 1.00 bits per heavy atom. The number of ether oxygens (including phenoxy) is 1. The van der Waals surface area contributed by atoms with Crippen molar-refractivity contribution in [3.8, 4) is 0 Å². The van der Waals surface area contributed by atoms with Crippen LogP contribution in [0, 0.1) is 5.82 Å². The summed E-state index contributed by atoms with van der Waals surface area (Å²) in [6.07, 6.45) is -0.366. The molecule has 3 rings (SSSR count). The van der Waals surface area contributed by atoms with Crippen molar-refractivity contribution in [3.63, 3.8) is 0 Å². The fourth-order valence-electron chi connectivity index (χ4n) is 3.21. The highest BCUT2D eigenvalue weighted by atomic mass is 19.1. The molecular weight excluding hydrogens is 355 g/mol. The molecule has 2 fully saturated rings. The summed E-state index contributed by atoms with van der Waals surface area (Å²) in [6, 6.07) is 5.44. The van der Waals surface area contributed by atoms with E-state index in [9.17, 15) is 18.8 Å². The molecule has 0 spiro atoms. The number of rotatable bonds is 4. The van der Waals surface area contributed by atoms with E-state index in [1.165, 1.54) is 21.9 Å². The number of nitrogens with zero attached hydrogens (tertiary/aromatic N) is 4. The lowest BCUT2D eigenvalue weighted by Gasteiger charge is -2.34. The molecule has 0 N–H and O–H groups in total. The zero-order chi connectivity index (χ0) is 19.4. The molecule has 27 heavy (non-hydrogen) atoms. The highest BCUT2D eigenvalue weighted by Crippen LogP contribution is 2.20. The van der Waals surface area contributed by atoms with Gasteiger partial charge in [0.05, 0.1) is 6.61 Å². The summed E-state index contributed by atoms with van der Waals surface area (Å²) >= 11 is 0. The van der Waals surface area contributed by atoms with Crippen molar-refractivity contribution in [2.75, 3.05) is 57.3 Å². The Morgan fingerprint density at radius 2 is 1.63 bits per heavy atom. The minimum absolute atomic E-state index is 0.00403. The zero-order valence-electron chi connectivity index (χ0n) is 15.3. The SMILES string of the molecule is CCOC(=O)N1CCN(C(=O)CN2CCN(c3ccc(F)cc3)C2=O)CC1. The van der Waals surface area contributed by atoms with Crippen LogP contribution >= 0.6 is 0 Å². The first kappa shape index (κ1) is 18.9. The molecule has 0 aromatic heterocycles. The van der Waals surface area contributed by atoms with Crippen LogP contribution in [0.1, 0.15) is 6.92 Å². The summed E-state index contributed by atoms with van der Waals surface area (Å²) in [5, 5.41) is 0. The van der Waals surface area contributed by atoms with Crippen LogP contribution in [0.25, 0.3) is 0 Å². The lowest BCUT2D eigenvalue weighted by atomic mass is 10.3. The summed E-state index contributed by atoms with van der Waals surface area (Å²) in [5.74, 6) is -0.507. The number of hydrogen-bond donors (Lipinski definition) is 0. The van der Waals surface area contributed by atoms with Gasteiger partial charge in [-0.1, -0.05) is 0 Å². The van der Waals surface area contributed by atoms with Crippen LogP contribution in [0.2, 0.25) is 0 Å². The third-order valence-corrected chi connectivity index (χ3v) is 4.72. The predicted molar refractivity (Wildman–Crippen MR) is 95.9 cm³/mol. The normalized spacial score (nSPS) is 17.5. The van der Waals surface area contributed by atoms with Crippen molar-refractivity contribution in [1.29, 1.82) is 0 Å². The summed E-state index contributed by atoms with van der Waals surface area (Å²) in [6.45, 7) is 4.62. The first-order chi connectivity index (χ1) is 13.0. The zero-order valence-corrected chi connectivity index (χ0v) is 15.3. The molecular formula is C18H23FN4O4. The Balaban J connectivity index is 1.51. The van der Waals surface area contributed by atoms with Crippen molar-refractivity contribution in [1.82, 2.24) is 14.7 Å². The minimum atomic E-state index is -0.366. The van der Waals surface area contributed by atoms with Gasteiger partial charge < -0.3 is 19.4 Å². The Labute approximate surface area is 157 Å². The lowest BCUT2D eigenvalue weighted by molar-refractivity contribution is -0.133. The van der Waals surface area contributed by atoms with Crippen molar-refractivity contribution >= 4 is 23.7 Å². The summed E-state index contributed by atoms with van der Waals surface area (Å²) in [7, 11) is 0. The van der Waals surface area contributed by atoms with Crippen LogP contribution in [-0.2, 0) is 9.53 Å². The number of piperazine rings is 1. The molecule has 146 valence electrons. The second kappa shape index (κ2) is 8.24. The molecule has 1 aromatic rings. The average Bonchev–Trinajstić information content (AvgIpc) is 3.03. The largest absolute Gasteiger partial charge is 0.450 e. The van der Waals surface area contributed by atoms with E-state index in [2.05, 4.69) is 0 Å². The fourth-order valence-corrected chi connectivity index (χ4v) is 3.21. The number of carbonyl (C=O) groups excluding carboxylic acids is 3. The Bertz CT molecular complexity index is 704. The molecule has 0 aliphatic carbocycles. The molecule has 2 saturated heterocycles. The second-order valence-electron chi connectivity index (χ2n) is 6.40. The van der Waals surface area contributed by atoms with Crippen molar-refractivity contribution < 1.29 is 23.5 Å². The molecule has 0 atom stereocenters. The Hall–Kier alpha value is -2.84. The predicted octanol–water partition coefficient (Wildman–Crippen LogP) is 1.37. The molecule has 2 aliphatic heterocycles. The fraction of sp³-hybridized carbons (Fsp3) is 0.500. The highest BCUT2D eigenvalue weighted by Gasteiger charge is 2.33. The number of amides is 4. The van der Waals surface area contributed by atoms with E-state index in [-0.39, 0.29) is 30.4 Å². The van der Waals surface area contributed by atoms with Gasteiger partial charge in [0, 0.05) is 45.0 Å².